The van der Waals surface area contributed by atoms with Crippen LogP contribution < -0.4 is 5.32 Å². The van der Waals surface area contributed by atoms with E-state index in [1.165, 1.54) is 22.9 Å². The predicted octanol–water partition coefficient (Wildman–Crippen LogP) is 3.25. The summed E-state index contributed by atoms with van der Waals surface area (Å²) in [5.41, 5.74) is 4.38. The van der Waals surface area contributed by atoms with Crippen LogP contribution in [0, 0.1) is 0 Å². The lowest BCUT2D eigenvalue weighted by atomic mass is 9.99. The number of amides is 2. The van der Waals surface area contributed by atoms with Crippen LogP contribution in [0.4, 0.5) is 0 Å². The molecule has 0 spiro atoms. The van der Waals surface area contributed by atoms with Crippen molar-refractivity contribution in [2.24, 2.45) is 0 Å². The van der Waals surface area contributed by atoms with Gasteiger partial charge in [-0.3, -0.25) is 14.6 Å². The van der Waals surface area contributed by atoms with Gasteiger partial charge in [-0.1, -0.05) is 54.6 Å². The molecule has 5 nitrogen and oxygen atoms in total. The Labute approximate surface area is 170 Å². The van der Waals surface area contributed by atoms with E-state index in [2.05, 4.69) is 22.4 Å². The van der Waals surface area contributed by atoms with E-state index < -0.39 is 0 Å². The number of hydrogen-bond donors (Lipinski definition) is 1. The number of carbonyl (C=O) groups excluding carboxylic acids is 2. The fourth-order valence-electron chi connectivity index (χ4n) is 3.59. The standard InChI is InChI=1S/C24H23N3O2/c28-23(26-13-10-18-6-2-1-3-7-18)20-11-14-25-22(16-20)24(29)27-15-12-19-8-4-5-9-21(19)17-27/h1-9,11,14,16H,10,12-13,15,17H2,(H,26,28). The molecule has 29 heavy (non-hydrogen) atoms. The summed E-state index contributed by atoms with van der Waals surface area (Å²) in [7, 11) is 0. The van der Waals surface area contributed by atoms with Gasteiger partial charge < -0.3 is 10.2 Å². The van der Waals surface area contributed by atoms with Crippen LogP contribution in [0.25, 0.3) is 0 Å². The quantitative estimate of drug-likeness (QED) is 0.733. The number of fused-ring (bicyclic) bond motifs is 1. The number of nitrogens with zero attached hydrogens (tertiary/aromatic N) is 2. The van der Waals surface area contributed by atoms with Gasteiger partial charge in [-0.05, 0) is 41.7 Å². The highest BCUT2D eigenvalue weighted by Gasteiger charge is 2.23. The fraction of sp³-hybridized carbons (Fsp3) is 0.208. The molecule has 5 heteroatoms. The first-order valence-electron chi connectivity index (χ1n) is 9.85. The Bertz CT molecular complexity index is 1020. The van der Waals surface area contributed by atoms with Crippen LogP contribution in [-0.2, 0) is 19.4 Å². The van der Waals surface area contributed by atoms with Gasteiger partial charge in [0, 0.05) is 31.4 Å². The summed E-state index contributed by atoms with van der Waals surface area (Å²) in [6.07, 6.45) is 3.12. The third-order valence-corrected chi connectivity index (χ3v) is 5.20. The van der Waals surface area contributed by atoms with E-state index in [1.54, 1.807) is 17.0 Å². The number of benzene rings is 2. The van der Waals surface area contributed by atoms with E-state index in [-0.39, 0.29) is 11.8 Å². The van der Waals surface area contributed by atoms with Crippen molar-refractivity contribution in [2.45, 2.75) is 19.4 Å². The van der Waals surface area contributed by atoms with Crippen molar-refractivity contribution >= 4 is 11.8 Å². The molecule has 4 rings (SSSR count). The molecule has 2 amide bonds. The lowest BCUT2D eigenvalue weighted by molar-refractivity contribution is 0.0728. The van der Waals surface area contributed by atoms with Crippen LogP contribution in [-0.4, -0.2) is 34.8 Å². The van der Waals surface area contributed by atoms with Crippen molar-refractivity contribution in [3.05, 3.63) is 101 Å². The Hall–Kier alpha value is -3.47. The van der Waals surface area contributed by atoms with Crippen molar-refractivity contribution in [3.63, 3.8) is 0 Å². The topological polar surface area (TPSA) is 62.3 Å². The number of rotatable bonds is 5. The summed E-state index contributed by atoms with van der Waals surface area (Å²) < 4.78 is 0. The summed E-state index contributed by atoms with van der Waals surface area (Å²) in [6.45, 7) is 1.77. The molecule has 0 saturated heterocycles. The van der Waals surface area contributed by atoms with Gasteiger partial charge in [-0.25, -0.2) is 0 Å². The first-order chi connectivity index (χ1) is 14.2. The Balaban J connectivity index is 1.39. The van der Waals surface area contributed by atoms with Crippen molar-refractivity contribution < 1.29 is 9.59 Å². The van der Waals surface area contributed by atoms with Crippen LogP contribution in [0.1, 0.15) is 37.5 Å². The zero-order valence-corrected chi connectivity index (χ0v) is 16.2. The number of aromatic nitrogens is 1. The highest BCUT2D eigenvalue weighted by atomic mass is 16.2. The predicted molar refractivity (Wildman–Crippen MR) is 112 cm³/mol. The second-order valence-corrected chi connectivity index (χ2v) is 7.17. The van der Waals surface area contributed by atoms with Gasteiger partial charge in [0.1, 0.15) is 5.69 Å². The van der Waals surface area contributed by atoms with Crippen LogP contribution in [0.2, 0.25) is 0 Å². The lowest BCUT2D eigenvalue weighted by Crippen LogP contribution is -2.36. The molecule has 3 aromatic rings. The summed E-state index contributed by atoms with van der Waals surface area (Å²) in [6, 6.07) is 21.4. The maximum absolute atomic E-state index is 12.9. The Kier molecular flexibility index (Phi) is 5.66. The zero-order chi connectivity index (χ0) is 20.1. The van der Waals surface area contributed by atoms with Gasteiger partial charge in [0.25, 0.3) is 11.8 Å². The van der Waals surface area contributed by atoms with Gasteiger partial charge in [0.2, 0.25) is 0 Å². The largest absolute Gasteiger partial charge is 0.352 e. The van der Waals surface area contributed by atoms with Gasteiger partial charge in [-0.15, -0.1) is 0 Å². The summed E-state index contributed by atoms with van der Waals surface area (Å²) in [4.78, 5) is 31.4. The molecule has 0 fully saturated rings. The molecule has 0 saturated carbocycles. The molecule has 0 atom stereocenters. The first kappa shape index (κ1) is 18.9. The van der Waals surface area contributed by atoms with E-state index >= 15 is 0 Å². The van der Waals surface area contributed by atoms with Gasteiger partial charge in [-0.2, -0.15) is 0 Å². The normalized spacial score (nSPS) is 12.9. The lowest BCUT2D eigenvalue weighted by Gasteiger charge is -2.28. The van der Waals surface area contributed by atoms with Crippen LogP contribution in [0.15, 0.2) is 72.9 Å². The van der Waals surface area contributed by atoms with Crippen molar-refractivity contribution in [2.75, 3.05) is 13.1 Å². The minimum absolute atomic E-state index is 0.140. The molecule has 0 aliphatic carbocycles. The number of hydrogen-bond acceptors (Lipinski definition) is 3. The average Bonchev–Trinajstić information content (AvgIpc) is 2.79. The van der Waals surface area contributed by atoms with E-state index in [9.17, 15) is 9.59 Å². The Morgan fingerprint density at radius 2 is 1.72 bits per heavy atom. The number of carbonyl (C=O) groups is 2. The monoisotopic (exact) mass is 385 g/mol. The molecule has 0 unspecified atom stereocenters. The maximum Gasteiger partial charge on any atom is 0.272 e. The molecule has 0 bridgehead atoms. The zero-order valence-electron chi connectivity index (χ0n) is 16.2. The Morgan fingerprint density at radius 3 is 2.55 bits per heavy atom. The van der Waals surface area contributed by atoms with E-state index in [0.717, 1.165) is 12.8 Å². The van der Waals surface area contributed by atoms with E-state index in [0.29, 0.717) is 30.9 Å². The van der Waals surface area contributed by atoms with Gasteiger partial charge in [0.05, 0.1) is 0 Å². The molecular formula is C24H23N3O2. The van der Waals surface area contributed by atoms with E-state index in [4.69, 9.17) is 0 Å². The highest BCUT2D eigenvalue weighted by molar-refractivity contribution is 5.98. The summed E-state index contributed by atoms with van der Waals surface area (Å²) in [5.74, 6) is -0.334. The molecule has 0 radical (unpaired) electrons. The van der Waals surface area contributed by atoms with Crippen molar-refractivity contribution in [3.8, 4) is 0 Å². The van der Waals surface area contributed by atoms with Crippen molar-refractivity contribution in [1.82, 2.24) is 15.2 Å². The second-order valence-electron chi connectivity index (χ2n) is 7.17. The molecule has 1 aliphatic rings. The van der Waals surface area contributed by atoms with Crippen LogP contribution in [0.3, 0.4) is 0 Å². The third-order valence-electron chi connectivity index (χ3n) is 5.20. The Morgan fingerprint density at radius 1 is 0.966 bits per heavy atom. The van der Waals surface area contributed by atoms with E-state index in [1.807, 2.05) is 42.5 Å². The molecular weight excluding hydrogens is 362 g/mol. The average molecular weight is 385 g/mol. The summed E-state index contributed by atoms with van der Waals surface area (Å²) >= 11 is 0. The second kappa shape index (κ2) is 8.69. The number of pyridine rings is 1. The van der Waals surface area contributed by atoms with Crippen LogP contribution >= 0.6 is 0 Å². The minimum Gasteiger partial charge on any atom is -0.352 e. The summed E-state index contributed by atoms with van der Waals surface area (Å²) in [5, 5.41) is 2.91. The van der Waals surface area contributed by atoms with Crippen molar-refractivity contribution in [1.29, 1.82) is 0 Å². The number of nitrogens with one attached hydrogen (secondary N) is 1. The molecule has 1 aliphatic heterocycles. The molecule has 2 heterocycles. The molecule has 1 N–H and O–H groups in total. The molecule has 1 aromatic heterocycles. The highest BCUT2D eigenvalue weighted by Crippen LogP contribution is 2.20. The molecule has 2 aromatic carbocycles. The molecule has 146 valence electrons. The minimum atomic E-state index is -0.193. The smallest absolute Gasteiger partial charge is 0.272 e. The van der Waals surface area contributed by atoms with Crippen LogP contribution in [0.5, 0.6) is 0 Å². The maximum atomic E-state index is 12.9. The third kappa shape index (κ3) is 4.51. The SMILES string of the molecule is O=C(NCCc1ccccc1)c1ccnc(C(=O)N2CCc3ccccc3C2)c1. The fourth-order valence-corrected chi connectivity index (χ4v) is 3.59. The first-order valence-corrected chi connectivity index (χ1v) is 9.85. The van der Waals surface area contributed by atoms with Gasteiger partial charge >= 0.3 is 0 Å². The van der Waals surface area contributed by atoms with Gasteiger partial charge in [0.15, 0.2) is 0 Å².